The molecule has 1 heterocycles. The summed E-state index contributed by atoms with van der Waals surface area (Å²) in [4.78, 5) is 0. The lowest BCUT2D eigenvalue weighted by molar-refractivity contribution is 0.174. The van der Waals surface area contributed by atoms with Crippen molar-refractivity contribution >= 4 is 0 Å². The second-order valence-electron chi connectivity index (χ2n) is 4.68. The Morgan fingerprint density at radius 2 is 1.90 bits per heavy atom. The first kappa shape index (κ1) is 13.4. The van der Waals surface area contributed by atoms with Crippen LogP contribution in [0.5, 0.6) is 11.5 Å². The normalized spacial score (nSPS) is 13.7. The van der Waals surface area contributed by atoms with Crippen LogP contribution in [-0.2, 0) is 6.54 Å². The van der Waals surface area contributed by atoms with E-state index in [0.29, 0.717) is 12.3 Å². The molecule has 21 heavy (non-hydrogen) atoms. The summed E-state index contributed by atoms with van der Waals surface area (Å²) in [6.45, 7) is 0.745. The minimum absolute atomic E-state index is 0.239. The van der Waals surface area contributed by atoms with Gasteiger partial charge in [-0.15, -0.1) is 0 Å². The maximum absolute atomic E-state index is 12.9. The molecule has 0 spiro atoms. The van der Waals surface area contributed by atoms with Gasteiger partial charge in [0.25, 0.3) is 0 Å². The highest BCUT2D eigenvalue weighted by atomic mass is 19.1. The van der Waals surface area contributed by atoms with Crippen molar-refractivity contribution in [2.45, 2.75) is 12.6 Å². The molecule has 1 aliphatic heterocycles. The molecule has 1 N–H and O–H groups in total. The fourth-order valence-electron chi connectivity index (χ4n) is 2.16. The van der Waals surface area contributed by atoms with Crippen molar-refractivity contribution in [1.82, 2.24) is 5.32 Å². The summed E-state index contributed by atoms with van der Waals surface area (Å²) in [5.74, 6) is 1.13. The third-order valence-electron chi connectivity index (χ3n) is 3.28. The number of benzene rings is 2. The molecule has 0 saturated heterocycles. The van der Waals surface area contributed by atoms with Gasteiger partial charge in [-0.3, -0.25) is 5.32 Å². The largest absolute Gasteiger partial charge is 0.454 e. The van der Waals surface area contributed by atoms with Crippen LogP contribution in [0.2, 0.25) is 0 Å². The van der Waals surface area contributed by atoms with Gasteiger partial charge in [0.05, 0.1) is 6.07 Å². The average molecular weight is 284 g/mol. The highest BCUT2D eigenvalue weighted by Gasteiger charge is 2.14. The van der Waals surface area contributed by atoms with Crippen molar-refractivity contribution < 1.29 is 13.9 Å². The molecule has 5 heteroatoms. The first-order valence-electron chi connectivity index (χ1n) is 6.53. The molecule has 0 aliphatic carbocycles. The van der Waals surface area contributed by atoms with Crippen molar-refractivity contribution in [1.29, 1.82) is 5.26 Å². The molecule has 0 amide bonds. The molecular formula is C16H13FN2O2. The standard InChI is InChI=1S/C16H13FN2O2/c17-13-4-2-12(3-5-13)14(8-18)19-9-11-1-6-15-16(7-11)21-10-20-15/h1-7,14,19H,9-10H2. The molecular weight excluding hydrogens is 271 g/mol. The van der Waals surface area contributed by atoms with E-state index in [4.69, 9.17) is 9.47 Å². The SMILES string of the molecule is N#CC(NCc1ccc2c(c1)OCO2)c1ccc(F)cc1. The first-order valence-corrected chi connectivity index (χ1v) is 6.53. The number of halogens is 1. The highest BCUT2D eigenvalue weighted by molar-refractivity contribution is 5.44. The van der Waals surface area contributed by atoms with E-state index in [1.54, 1.807) is 12.1 Å². The van der Waals surface area contributed by atoms with Crippen molar-refractivity contribution in [3.05, 3.63) is 59.4 Å². The lowest BCUT2D eigenvalue weighted by Crippen LogP contribution is -2.19. The minimum atomic E-state index is -0.490. The van der Waals surface area contributed by atoms with Crippen LogP contribution in [0.15, 0.2) is 42.5 Å². The number of rotatable bonds is 4. The average Bonchev–Trinajstić information content (AvgIpc) is 2.97. The zero-order chi connectivity index (χ0) is 14.7. The van der Waals surface area contributed by atoms with E-state index >= 15 is 0 Å². The van der Waals surface area contributed by atoms with Gasteiger partial charge in [-0.25, -0.2) is 4.39 Å². The fraction of sp³-hybridized carbons (Fsp3) is 0.188. The molecule has 0 aromatic heterocycles. The van der Waals surface area contributed by atoms with Crippen LogP contribution in [0.1, 0.15) is 17.2 Å². The summed E-state index contributed by atoms with van der Waals surface area (Å²) in [6, 6.07) is 13.2. The Balaban J connectivity index is 1.68. The van der Waals surface area contributed by atoms with E-state index in [9.17, 15) is 9.65 Å². The van der Waals surface area contributed by atoms with Gasteiger partial charge in [-0.1, -0.05) is 18.2 Å². The predicted molar refractivity (Wildman–Crippen MR) is 74.2 cm³/mol. The molecule has 0 saturated carbocycles. The topological polar surface area (TPSA) is 54.3 Å². The Morgan fingerprint density at radius 3 is 2.67 bits per heavy atom. The Morgan fingerprint density at radius 1 is 1.14 bits per heavy atom. The molecule has 0 radical (unpaired) electrons. The van der Waals surface area contributed by atoms with Crippen LogP contribution >= 0.6 is 0 Å². The molecule has 1 atom stereocenters. The van der Waals surface area contributed by atoms with E-state index in [1.807, 2.05) is 18.2 Å². The Hall–Kier alpha value is -2.58. The monoisotopic (exact) mass is 284 g/mol. The lowest BCUT2D eigenvalue weighted by Gasteiger charge is -2.12. The van der Waals surface area contributed by atoms with E-state index in [-0.39, 0.29) is 12.6 Å². The molecule has 1 aliphatic rings. The Kier molecular flexibility index (Phi) is 3.71. The van der Waals surface area contributed by atoms with Crippen LogP contribution in [-0.4, -0.2) is 6.79 Å². The van der Waals surface area contributed by atoms with Gasteiger partial charge in [0.1, 0.15) is 11.9 Å². The Labute approximate surface area is 121 Å². The van der Waals surface area contributed by atoms with E-state index in [0.717, 1.165) is 16.9 Å². The van der Waals surface area contributed by atoms with Crippen molar-refractivity contribution in [3.8, 4) is 17.6 Å². The first-order chi connectivity index (χ1) is 10.3. The van der Waals surface area contributed by atoms with Crippen LogP contribution < -0.4 is 14.8 Å². The van der Waals surface area contributed by atoms with Gasteiger partial charge in [-0.05, 0) is 35.4 Å². The predicted octanol–water partition coefficient (Wildman–Crippen LogP) is 2.91. The van der Waals surface area contributed by atoms with Crippen molar-refractivity contribution in [2.24, 2.45) is 0 Å². The number of nitrogens with one attached hydrogen (secondary N) is 1. The maximum Gasteiger partial charge on any atom is 0.231 e. The molecule has 1 unspecified atom stereocenters. The van der Waals surface area contributed by atoms with Gasteiger partial charge >= 0.3 is 0 Å². The second kappa shape index (κ2) is 5.81. The van der Waals surface area contributed by atoms with Gasteiger partial charge < -0.3 is 9.47 Å². The van der Waals surface area contributed by atoms with Crippen LogP contribution in [0.3, 0.4) is 0 Å². The quantitative estimate of drug-likeness (QED) is 0.938. The molecule has 4 nitrogen and oxygen atoms in total. The molecule has 106 valence electrons. The zero-order valence-electron chi connectivity index (χ0n) is 11.2. The molecule has 2 aromatic rings. The third kappa shape index (κ3) is 2.96. The molecule has 0 fully saturated rings. The summed E-state index contributed by atoms with van der Waals surface area (Å²) < 4.78 is 23.5. The highest BCUT2D eigenvalue weighted by Crippen LogP contribution is 2.32. The molecule has 3 rings (SSSR count). The van der Waals surface area contributed by atoms with E-state index in [2.05, 4.69) is 11.4 Å². The van der Waals surface area contributed by atoms with Gasteiger partial charge in [0.15, 0.2) is 11.5 Å². The summed E-state index contributed by atoms with van der Waals surface area (Å²) >= 11 is 0. The van der Waals surface area contributed by atoms with E-state index in [1.165, 1.54) is 12.1 Å². The maximum atomic E-state index is 12.9. The summed E-state index contributed by atoms with van der Waals surface area (Å²) in [5.41, 5.74) is 1.72. The number of fused-ring (bicyclic) bond motifs is 1. The lowest BCUT2D eigenvalue weighted by atomic mass is 10.1. The van der Waals surface area contributed by atoms with Gasteiger partial charge in [0, 0.05) is 6.54 Å². The summed E-state index contributed by atoms with van der Waals surface area (Å²) in [6.07, 6.45) is 0. The number of ether oxygens (including phenoxy) is 2. The number of hydrogen-bond acceptors (Lipinski definition) is 4. The fourth-order valence-corrected chi connectivity index (χ4v) is 2.16. The summed E-state index contributed by atoms with van der Waals surface area (Å²) in [5, 5.41) is 12.4. The molecule has 2 aromatic carbocycles. The number of hydrogen-bond donors (Lipinski definition) is 1. The molecule has 0 bridgehead atoms. The Bertz CT molecular complexity index is 680. The number of nitrogens with zero attached hydrogens (tertiary/aromatic N) is 1. The van der Waals surface area contributed by atoms with Crippen molar-refractivity contribution in [3.63, 3.8) is 0 Å². The third-order valence-corrected chi connectivity index (χ3v) is 3.28. The smallest absolute Gasteiger partial charge is 0.231 e. The summed E-state index contributed by atoms with van der Waals surface area (Å²) in [7, 11) is 0. The van der Waals surface area contributed by atoms with Crippen molar-refractivity contribution in [2.75, 3.05) is 6.79 Å². The van der Waals surface area contributed by atoms with Crippen LogP contribution in [0, 0.1) is 17.1 Å². The van der Waals surface area contributed by atoms with Gasteiger partial charge in [0.2, 0.25) is 6.79 Å². The van der Waals surface area contributed by atoms with E-state index < -0.39 is 6.04 Å². The van der Waals surface area contributed by atoms with Gasteiger partial charge in [-0.2, -0.15) is 5.26 Å². The second-order valence-corrected chi connectivity index (χ2v) is 4.68. The minimum Gasteiger partial charge on any atom is -0.454 e. The zero-order valence-corrected chi connectivity index (χ0v) is 11.2. The van der Waals surface area contributed by atoms with Crippen LogP contribution in [0.25, 0.3) is 0 Å². The number of nitriles is 1. The van der Waals surface area contributed by atoms with Crippen LogP contribution in [0.4, 0.5) is 4.39 Å².